The molecule has 0 aromatic carbocycles. The number of nitrogens with zero attached hydrogens (tertiary/aromatic N) is 5. The van der Waals surface area contributed by atoms with Crippen molar-refractivity contribution in [2.45, 2.75) is 19.0 Å². The molecule has 1 atom stereocenters. The molecular weight excluding hydrogens is 365 g/mol. The third kappa shape index (κ3) is 3.55. The van der Waals surface area contributed by atoms with Crippen molar-refractivity contribution in [3.8, 4) is 0 Å². The second-order valence-corrected chi connectivity index (χ2v) is 6.81. The van der Waals surface area contributed by atoms with Crippen LogP contribution in [0, 0.1) is 0 Å². The molecule has 2 fully saturated rings. The molecule has 28 heavy (non-hydrogen) atoms. The molecule has 0 saturated carbocycles. The number of ether oxygens (including phenoxy) is 1. The molecule has 148 valence electrons. The van der Waals surface area contributed by atoms with Gasteiger partial charge in [0.1, 0.15) is 6.17 Å². The maximum atomic E-state index is 13.7. The molecule has 0 bridgehead atoms. The van der Waals surface area contributed by atoms with E-state index in [1.807, 2.05) is 11.0 Å². The van der Waals surface area contributed by atoms with Crippen molar-refractivity contribution in [2.24, 2.45) is 0 Å². The summed E-state index contributed by atoms with van der Waals surface area (Å²) >= 11 is 0. The minimum Gasteiger partial charge on any atom is -0.383 e. The number of carbonyl (C=O) groups excluding carboxylic acids is 1. The molecule has 2 N–H and O–H groups in total. The van der Waals surface area contributed by atoms with Crippen LogP contribution in [-0.4, -0.2) is 65.0 Å². The fourth-order valence-electron chi connectivity index (χ4n) is 3.30. The summed E-state index contributed by atoms with van der Waals surface area (Å²) in [7, 11) is 1.62. The van der Waals surface area contributed by atoms with Gasteiger partial charge in [-0.15, -0.1) is 0 Å². The van der Waals surface area contributed by atoms with Gasteiger partial charge in [-0.25, -0.2) is 4.39 Å². The summed E-state index contributed by atoms with van der Waals surface area (Å²) in [6.45, 7) is 5.75. The molecule has 0 aliphatic carbocycles. The molecule has 1 amide bonds. The fraction of sp³-hybridized carbons (Fsp3) is 0.444. The maximum Gasteiger partial charge on any atom is 0.230 e. The Balaban J connectivity index is 1.75. The Morgan fingerprint density at radius 1 is 1.50 bits per heavy atom. The van der Waals surface area contributed by atoms with Crippen molar-refractivity contribution in [2.75, 3.05) is 43.6 Å². The van der Waals surface area contributed by atoms with Crippen molar-refractivity contribution >= 4 is 29.5 Å². The van der Waals surface area contributed by atoms with Gasteiger partial charge in [-0.1, -0.05) is 6.58 Å². The van der Waals surface area contributed by atoms with Gasteiger partial charge in [0.2, 0.25) is 17.8 Å². The van der Waals surface area contributed by atoms with Crippen molar-refractivity contribution < 1.29 is 13.9 Å². The zero-order valence-electron chi connectivity index (χ0n) is 15.6. The van der Waals surface area contributed by atoms with Gasteiger partial charge in [-0.05, 0) is 18.1 Å². The molecule has 4 rings (SSSR count). The molecule has 0 spiro atoms. The molecule has 4 heterocycles. The molecule has 0 unspecified atom stereocenters. The van der Waals surface area contributed by atoms with Crippen LogP contribution in [0.1, 0.15) is 18.4 Å². The van der Waals surface area contributed by atoms with E-state index in [2.05, 4.69) is 32.3 Å². The van der Waals surface area contributed by atoms with E-state index in [0.29, 0.717) is 49.4 Å². The molecule has 0 radical (unpaired) electrons. The number of aromatic nitrogens is 4. The lowest BCUT2D eigenvalue weighted by Crippen LogP contribution is -2.24. The van der Waals surface area contributed by atoms with Crippen LogP contribution in [0.25, 0.3) is 11.7 Å². The van der Waals surface area contributed by atoms with Crippen molar-refractivity contribution in [1.29, 1.82) is 0 Å². The first-order chi connectivity index (χ1) is 13.5. The Morgan fingerprint density at radius 2 is 2.36 bits per heavy atom. The lowest BCUT2D eigenvalue weighted by Gasteiger charge is -2.17. The highest BCUT2D eigenvalue weighted by Crippen LogP contribution is 2.26. The Bertz CT molecular complexity index is 955. The van der Waals surface area contributed by atoms with E-state index in [-0.39, 0.29) is 18.9 Å². The van der Waals surface area contributed by atoms with Gasteiger partial charge in [0.15, 0.2) is 5.65 Å². The van der Waals surface area contributed by atoms with E-state index in [0.717, 1.165) is 11.1 Å². The maximum absolute atomic E-state index is 13.7. The Kier molecular flexibility index (Phi) is 4.95. The van der Waals surface area contributed by atoms with E-state index in [1.165, 1.54) is 0 Å². The molecule has 2 saturated heterocycles. The quantitative estimate of drug-likeness (QED) is 0.718. The second kappa shape index (κ2) is 7.55. The Hall–Kier alpha value is -3.01. The summed E-state index contributed by atoms with van der Waals surface area (Å²) in [6.07, 6.45) is 3.36. The number of amides is 1. The van der Waals surface area contributed by atoms with Crippen molar-refractivity contribution in [3.05, 3.63) is 29.6 Å². The number of anilines is 2. The standard InChI is InChI=1S/C18H22FN7O2/c1-11-12(8-15(27)22-11)7-13-9-21-26-16(13)23-18(25-5-3-14(19)10-25)24-17(26)20-4-6-28-2/h7,9,14H,1,3-6,8,10H2,2H3,(H,22,27)(H,20,23,24)/b12-7+/t14-/m0/s1. The highest BCUT2D eigenvalue weighted by atomic mass is 19.1. The van der Waals surface area contributed by atoms with Crippen molar-refractivity contribution in [3.63, 3.8) is 0 Å². The first kappa shape index (κ1) is 18.4. The Morgan fingerprint density at radius 3 is 3.04 bits per heavy atom. The van der Waals surface area contributed by atoms with Crippen molar-refractivity contribution in [1.82, 2.24) is 24.9 Å². The number of fused-ring (bicyclic) bond motifs is 1. The first-order valence-electron chi connectivity index (χ1n) is 9.12. The third-order valence-electron chi connectivity index (χ3n) is 4.75. The third-order valence-corrected chi connectivity index (χ3v) is 4.75. The average Bonchev–Trinajstić information content (AvgIpc) is 3.35. The summed E-state index contributed by atoms with van der Waals surface area (Å²) in [6, 6.07) is 0. The van der Waals surface area contributed by atoms with E-state index < -0.39 is 6.17 Å². The SMILES string of the molecule is C=C1NC(=O)C/C1=C\c1cnn2c(NCCOC)nc(N3CC[C@H](F)C3)nc12. The molecule has 10 heteroatoms. The van der Waals surface area contributed by atoms with E-state index in [1.54, 1.807) is 17.8 Å². The molecule has 2 aromatic rings. The topological polar surface area (TPSA) is 96.7 Å². The number of methoxy groups -OCH3 is 1. The minimum atomic E-state index is -0.880. The lowest BCUT2D eigenvalue weighted by molar-refractivity contribution is -0.118. The van der Waals surface area contributed by atoms with Gasteiger partial charge >= 0.3 is 0 Å². The lowest BCUT2D eigenvalue weighted by atomic mass is 10.1. The summed E-state index contributed by atoms with van der Waals surface area (Å²) in [4.78, 5) is 22.6. The van der Waals surface area contributed by atoms with Crippen LogP contribution in [0.3, 0.4) is 0 Å². The van der Waals surface area contributed by atoms with Crippen LogP contribution in [-0.2, 0) is 9.53 Å². The van der Waals surface area contributed by atoms with Gasteiger partial charge in [0.05, 0.1) is 25.8 Å². The smallest absolute Gasteiger partial charge is 0.230 e. The van der Waals surface area contributed by atoms with Crippen LogP contribution in [0.4, 0.5) is 16.3 Å². The van der Waals surface area contributed by atoms with Gasteiger partial charge in [0, 0.05) is 31.5 Å². The van der Waals surface area contributed by atoms with E-state index >= 15 is 0 Å². The molecule has 2 aromatic heterocycles. The first-order valence-corrected chi connectivity index (χ1v) is 9.12. The molecular formula is C18H22FN7O2. The largest absolute Gasteiger partial charge is 0.383 e. The molecule has 9 nitrogen and oxygen atoms in total. The Labute approximate surface area is 161 Å². The minimum absolute atomic E-state index is 0.0870. The fourth-order valence-corrected chi connectivity index (χ4v) is 3.30. The van der Waals surface area contributed by atoms with E-state index in [4.69, 9.17) is 4.74 Å². The summed E-state index contributed by atoms with van der Waals surface area (Å²) in [5.41, 5.74) is 2.68. The number of carbonyl (C=O) groups is 1. The monoisotopic (exact) mass is 387 g/mol. The van der Waals surface area contributed by atoms with Gasteiger partial charge in [-0.2, -0.15) is 19.6 Å². The number of alkyl halides is 1. The number of hydrogen-bond acceptors (Lipinski definition) is 7. The van der Waals surface area contributed by atoms with Crippen LogP contribution < -0.4 is 15.5 Å². The zero-order valence-corrected chi connectivity index (χ0v) is 15.6. The van der Waals surface area contributed by atoms with Crippen LogP contribution in [0.2, 0.25) is 0 Å². The normalized spacial score (nSPS) is 21.1. The number of allylic oxidation sites excluding steroid dienone is 1. The number of hydrogen-bond donors (Lipinski definition) is 2. The predicted molar refractivity (Wildman–Crippen MR) is 103 cm³/mol. The van der Waals surface area contributed by atoms with Gasteiger partial charge < -0.3 is 20.3 Å². The average molecular weight is 387 g/mol. The molecule has 2 aliphatic heterocycles. The second-order valence-electron chi connectivity index (χ2n) is 6.81. The molecule has 2 aliphatic rings. The van der Waals surface area contributed by atoms with E-state index in [9.17, 15) is 9.18 Å². The highest BCUT2D eigenvalue weighted by molar-refractivity contribution is 5.89. The number of nitrogens with one attached hydrogen (secondary N) is 2. The van der Waals surface area contributed by atoms with Crippen LogP contribution in [0.5, 0.6) is 0 Å². The van der Waals surface area contributed by atoms with Gasteiger partial charge in [0.25, 0.3) is 0 Å². The highest BCUT2D eigenvalue weighted by Gasteiger charge is 2.26. The summed E-state index contributed by atoms with van der Waals surface area (Å²) in [5, 5.41) is 10.3. The predicted octanol–water partition coefficient (Wildman–Crippen LogP) is 1.15. The summed E-state index contributed by atoms with van der Waals surface area (Å²) < 4.78 is 20.4. The number of rotatable bonds is 6. The summed E-state index contributed by atoms with van der Waals surface area (Å²) in [5.74, 6) is 0.867. The van der Waals surface area contributed by atoms with Crippen LogP contribution in [0.15, 0.2) is 24.0 Å². The van der Waals surface area contributed by atoms with Crippen LogP contribution >= 0.6 is 0 Å². The van der Waals surface area contributed by atoms with Gasteiger partial charge in [-0.3, -0.25) is 4.79 Å². The zero-order chi connectivity index (χ0) is 19.7. The number of halogens is 1.